The molecule has 0 aliphatic heterocycles. The van der Waals surface area contributed by atoms with Crippen LogP contribution in [0.3, 0.4) is 0 Å². The highest BCUT2D eigenvalue weighted by Gasteiger charge is 2.19. The maximum atomic E-state index is 11.5. The van der Waals surface area contributed by atoms with Crippen molar-refractivity contribution < 1.29 is 8.42 Å². The normalized spacial score (nSPS) is 11.7. The highest BCUT2D eigenvalue weighted by molar-refractivity contribution is 8.13. The molecule has 0 aliphatic rings. The third-order valence-corrected chi connectivity index (χ3v) is 3.87. The Labute approximate surface area is 95.7 Å². The Hall–Kier alpha value is -0.540. The monoisotopic (exact) mass is 246 g/mol. The first-order valence-electron chi connectivity index (χ1n) is 4.97. The van der Waals surface area contributed by atoms with Gasteiger partial charge in [-0.1, -0.05) is 31.5 Å². The fourth-order valence-electron chi connectivity index (χ4n) is 1.77. The smallest absolute Gasteiger partial charge is 0.207 e. The summed E-state index contributed by atoms with van der Waals surface area (Å²) in [5, 5.41) is 0. The first kappa shape index (κ1) is 12.5. The van der Waals surface area contributed by atoms with Gasteiger partial charge in [0.1, 0.15) is 0 Å². The molecule has 0 spiro atoms. The van der Waals surface area contributed by atoms with Crippen LogP contribution in [-0.2, 0) is 21.9 Å². The van der Waals surface area contributed by atoms with Gasteiger partial charge in [0.15, 0.2) is 0 Å². The zero-order valence-corrected chi connectivity index (χ0v) is 10.7. The summed E-state index contributed by atoms with van der Waals surface area (Å²) < 4.78 is 22.9. The second-order valence-electron chi connectivity index (χ2n) is 3.56. The van der Waals surface area contributed by atoms with Crippen LogP contribution in [-0.4, -0.2) is 8.42 Å². The summed E-state index contributed by atoms with van der Waals surface area (Å²) in [6.07, 6.45) is 1.35. The average molecular weight is 247 g/mol. The molecule has 0 heterocycles. The Morgan fingerprint density at radius 1 is 1.13 bits per heavy atom. The van der Waals surface area contributed by atoms with Gasteiger partial charge in [0.25, 0.3) is 9.05 Å². The first-order valence-corrected chi connectivity index (χ1v) is 7.28. The maximum absolute atomic E-state index is 11.5. The molecule has 0 unspecified atom stereocenters. The molecule has 1 aromatic rings. The number of hydrogen-bond acceptors (Lipinski definition) is 2. The fourth-order valence-corrected chi connectivity index (χ4v) is 3.39. The van der Waals surface area contributed by atoms with Crippen molar-refractivity contribution in [3.05, 3.63) is 28.8 Å². The van der Waals surface area contributed by atoms with Gasteiger partial charge in [-0.05, 0) is 30.9 Å². The Balaban J connectivity index is 3.59. The molecule has 84 valence electrons. The van der Waals surface area contributed by atoms with Crippen LogP contribution >= 0.6 is 10.7 Å². The van der Waals surface area contributed by atoms with Crippen molar-refractivity contribution in [3.8, 4) is 0 Å². The molecule has 1 aromatic carbocycles. The number of rotatable bonds is 3. The molecule has 0 aromatic heterocycles. The summed E-state index contributed by atoms with van der Waals surface area (Å²) in [5.41, 5.74) is 2.69. The summed E-state index contributed by atoms with van der Waals surface area (Å²) >= 11 is 0. The van der Waals surface area contributed by atoms with Crippen molar-refractivity contribution in [2.45, 2.75) is 38.5 Å². The van der Waals surface area contributed by atoms with E-state index >= 15 is 0 Å². The minimum atomic E-state index is -3.63. The lowest BCUT2D eigenvalue weighted by Gasteiger charge is -2.11. The van der Waals surface area contributed by atoms with Crippen LogP contribution in [0.1, 0.15) is 30.5 Å². The van der Waals surface area contributed by atoms with E-state index in [2.05, 4.69) is 0 Å². The SMILES string of the molecule is CCc1cc(C)cc(CC)c1S(=O)(=O)Cl. The highest BCUT2D eigenvalue weighted by atomic mass is 35.7. The molecule has 0 amide bonds. The third kappa shape index (κ3) is 2.73. The maximum Gasteiger partial charge on any atom is 0.261 e. The Bertz CT molecular complexity index is 438. The Kier molecular flexibility index (Phi) is 3.79. The van der Waals surface area contributed by atoms with Crippen LogP contribution in [0.5, 0.6) is 0 Å². The lowest BCUT2D eigenvalue weighted by Crippen LogP contribution is -2.03. The van der Waals surface area contributed by atoms with Gasteiger partial charge in [-0.2, -0.15) is 0 Å². The minimum Gasteiger partial charge on any atom is -0.207 e. The van der Waals surface area contributed by atoms with E-state index in [4.69, 9.17) is 10.7 Å². The van der Waals surface area contributed by atoms with Crippen LogP contribution in [0.4, 0.5) is 0 Å². The molecular weight excluding hydrogens is 232 g/mol. The molecule has 0 atom stereocenters. The van der Waals surface area contributed by atoms with Gasteiger partial charge in [-0.15, -0.1) is 0 Å². The van der Waals surface area contributed by atoms with Gasteiger partial charge in [-0.3, -0.25) is 0 Å². The lowest BCUT2D eigenvalue weighted by atomic mass is 10.0. The predicted molar refractivity (Wildman–Crippen MR) is 63.0 cm³/mol. The van der Waals surface area contributed by atoms with Crippen LogP contribution in [0.15, 0.2) is 17.0 Å². The Morgan fingerprint density at radius 3 is 1.80 bits per heavy atom. The van der Waals surface area contributed by atoms with E-state index < -0.39 is 9.05 Å². The topological polar surface area (TPSA) is 34.1 Å². The predicted octanol–water partition coefficient (Wildman–Crippen LogP) is 3.05. The van der Waals surface area contributed by atoms with E-state index in [-0.39, 0.29) is 0 Å². The van der Waals surface area contributed by atoms with Gasteiger partial charge in [0, 0.05) is 10.7 Å². The summed E-state index contributed by atoms with van der Waals surface area (Å²) in [7, 11) is 1.82. The number of halogens is 1. The van der Waals surface area contributed by atoms with Crippen molar-refractivity contribution in [1.82, 2.24) is 0 Å². The second-order valence-corrected chi connectivity index (χ2v) is 6.06. The number of aryl methyl sites for hydroxylation is 3. The molecule has 0 saturated heterocycles. The molecule has 15 heavy (non-hydrogen) atoms. The van der Waals surface area contributed by atoms with Gasteiger partial charge in [0.05, 0.1) is 4.90 Å². The van der Waals surface area contributed by atoms with E-state index in [9.17, 15) is 8.42 Å². The van der Waals surface area contributed by atoms with Crippen molar-refractivity contribution in [3.63, 3.8) is 0 Å². The van der Waals surface area contributed by atoms with E-state index in [1.54, 1.807) is 0 Å². The third-order valence-electron chi connectivity index (χ3n) is 2.39. The van der Waals surface area contributed by atoms with Crippen LogP contribution < -0.4 is 0 Å². The van der Waals surface area contributed by atoms with E-state index in [1.807, 2.05) is 32.9 Å². The highest BCUT2D eigenvalue weighted by Crippen LogP contribution is 2.26. The second kappa shape index (κ2) is 4.54. The summed E-state index contributed by atoms with van der Waals surface area (Å²) in [5.74, 6) is 0. The average Bonchev–Trinajstić information content (AvgIpc) is 2.14. The van der Waals surface area contributed by atoms with E-state index in [0.29, 0.717) is 17.7 Å². The zero-order valence-electron chi connectivity index (χ0n) is 9.17. The lowest BCUT2D eigenvalue weighted by molar-refractivity contribution is 0.607. The summed E-state index contributed by atoms with van der Waals surface area (Å²) in [6, 6.07) is 3.77. The van der Waals surface area contributed by atoms with Gasteiger partial charge < -0.3 is 0 Å². The molecular formula is C11H15ClO2S. The quantitative estimate of drug-likeness (QED) is 0.769. The molecule has 4 heteroatoms. The summed E-state index contributed by atoms with van der Waals surface area (Å²) in [4.78, 5) is 0.305. The zero-order chi connectivity index (χ0) is 11.6. The molecule has 1 rings (SSSR count). The fraction of sp³-hybridized carbons (Fsp3) is 0.455. The minimum absolute atomic E-state index is 0.305. The summed E-state index contributed by atoms with van der Waals surface area (Å²) in [6.45, 7) is 5.82. The standard InChI is InChI=1S/C11H15ClO2S/c1-4-9-6-8(3)7-10(5-2)11(9)15(12,13)14/h6-7H,4-5H2,1-3H3. The Morgan fingerprint density at radius 2 is 1.53 bits per heavy atom. The number of hydrogen-bond donors (Lipinski definition) is 0. The van der Waals surface area contributed by atoms with Crippen LogP contribution in [0, 0.1) is 6.92 Å². The van der Waals surface area contributed by atoms with Crippen molar-refractivity contribution >= 4 is 19.7 Å². The van der Waals surface area contributed by atoms with E-state index in [1.165, 1.54) is 0 Å². The molecule has 0 bridgehead atoms. The van der Waals surface area contributed by atoms with Gasteiger partial charge in [0.2, 0.25) is 0 Å². The van der Waals surface area contributed by atoms with Crippen molar-refractivity contribution in [2.75, 3.05) is 0 Å². The van der Waals surface area contributed by atoms with Crippen molar-refractivity contribution in [2.24, 2.45) is 0 Å². The van der Waals surface area contributed by atoms with E-state index in [0.717, 1.165) is 16.7 Å². The van der Waals surface area contributed by atoms with Crippen LogP contribution in [0.2, 0.25) is 0 Å². The molecule has 0 fully saturated rings. The van der Waals surface area contributed by atoms with Crippen LogP contribution in [0.25, 0.3) is 0 Å². The molecule has 0 saturated carbocycles. The molecule has 0 N–H and O–H groups in total. The first-order chi connectivity index (χ1) is 6.90. The van der Waals surface area contributed by atoms with Gasteiger partial charge >= 0.3 is 0 Å². The van der Waals surface area contributed by atoms with Gasteiger partial charge in [-0.25, -0.2) is 8.42 Å². The molecule has 2 nitrogen and oxygen atoms in total. The molecule has 0 aliphatic carbocycles. The molecule has 0 radical (unpaired) electrons. The largest absolute Gasteiger partial charge is 0.261 e. The number of benzene rings is 1. The van der Waals surface area contributed by atoms with Crippen molar-refractivity contribution in [1.29, 1.82) is 0 Å².